The van der Waals surface area contributed by atoms with Crippen molar-refractivity contribution in [2.24, 2.45) is 0 Å². The number of benzene rings is 10. The standard InChI is InChI=1S/C61H38N4/c1-3-15-42(16-4-1)60-54-37-59-53(51-21-11-12-22-58(51)65(59)49-19-5-2-6-20-49)36-52(54)50-32-31-46(35-57(50)62-60)41-23-27-43(28-24-41)61-63-55(47-29-25-39-13-7-9-17-44(39)33-47)38-56(64-61)48-30-26-40-14-8-10-18-45(40)34-48/h1-38H. The molecule has 0 saturated carbocycles. The van der Waals surface area contributed by atoms with Crippen LogP contribution in [0.15, 0.2) is 231 Å². The van der Waals surface area contributed by atoms with E-state index in [9.17, 15) is 0 Å². The summed E-state index contributed by atoms with van der Waals surface area (Å²) < 4.78 is 2.38. The zero-order valence-corrected chi connectivity index (χ0v) is 35.2. The van der Waals surface area contributed by atoms with Gasteiger partial charge in [-0.25, -0.2) is 15.0 Å². The van der Waals surface area contributed by atoms with Gasteiger partial charge in [0.25, 0.3) is 0 Å². The smallest absolute Gasteiger partial charge is 0.160 e. The number of hydrogen-bond acceptors (Lipinski definition) is 3. The van der Waals surface area contributed by atoms with Crippen molar-refractivity contribution in [3.05, 3.63) is 231 Å². The summed E-state index contributed by atoms with van der Waals surface area (Å²) in [6.45, 7) is 0. The second-order valence-electron chi connectivity index (χ2n) is 16.8. The first-order chi connectivity index (χ1) is 32.2. The molecule has 0 aliphatic heterocycles. The molecule has 0 aliphatic carbocycles. The van der Waals surface area contributed by atoms with Crippen LogP contribution >= 0.6 is 0 Å². The van der Waals surface area contributed by atoms with Crippen molar-refractivity contribution >= 4 is 65.0 Å². The van der Waals surface area contributed by atoms with Crippen molar-refractivity contribution in [2.75, 3.05) is 0 Å². The first kappa shape index (κ1) is 36.9. The lowest BCUT2D eigenvalue weighted by molar-refractivity contribution is 1.18. The van der Waals surface area contributed by atoms with Gasteiger partial charge in [0.1, 0.15) is 0 Å². The van der Waals surface area contributed by atoms with Gasteiger partial charge in [0.05, 0.1) is 33.6 Å². The maximum Gasteiger partial charge on any atom is 0.160 e. The highest BCUT2D eigenvalue weighted by atomic mass is 15.0. The van der Waals surface area contributed by atoms with Gasteiger partial charge in [-0.3, -0.25) is 0 Å². The van der Waals surface area contributed by atoms with Gasteiger partial charge >= 0.3 is 0 Å². The molecule has 13 aromatic rings. The molecule has 0 N–H and O–H groups in total. The van der Waals surface area contributed by atoms with Crippen molar-refractivity contribution < 1.29 is 0 Å². The lowest BCUT2D eigenvalue weighted by Crippen LogP contribution is -1.96. The van der Waals surface area contributed by atoms with E-state index in [0.717, 1.165) is 78.0 Å². The summed E-state index contributed by atoms with van der Waals surface area (Å²) in [7, 11) is 0. The summed E-state index contributed by atoms with van der Waals surface area (Å²) in [4.78, 5) is 15.9. The first-order valence-electron chi connectivity index (χ1n) is 22.1. The second kappa shape index (κ2) is 15.0. The number of para-hydroxylation sites is 2. The molecule has 4 heteroatoms. The van der Waals surface area contributed by atoms with Gasteiger partial charge < -0.3 is 4.57 Å². The van der Waals surface area contributed by atoms with Crippen LogP contribution in [0.1, 0.15) is 0 Å². The Hall–Kier alpha value is -8.73. The molecule has 0 radical (unpaired) electrons. The number of rotatable bonds is 6. The van der Waals surface area contributed by atoms with Crippen LogP contribution in [0.5, 0.6) is 0 Å². The van der Waals surface area contributed by atoms with Gasteiger partial charge in [-0.2, -0.15) is 0 Å². The Bertz CT molecular complexity index is 3890. The van der Waals surface area contributed by atoms with Crippen LogP contribution in [0, 0.1) is 0 Å². The first-order valence-corrected chi connectivity index (χ1v) is 22.1. The molecule has 0 bridgehead atoms. The third-order valence-electron chi connectivity index (χ3n) is 12.9. The lowest BCUT2D eigenvalue weighted by Gasteiger charge is -2.14. The van der Waals surface area contributed by atoms with Gasteiger partial charge in [-0.1, -0.05) is 176 Å². The molecule has 10 aromatic carbocycles. The molecule has 0 saturated heterocycles. The third-order valence-corrected chi connectivity index (χ3v) is 12.9. The summed E-state index contributed by atoms with van der Waals surface area (Å²) in [5.41, 5.74) is 13.5. The topological polar surface area (TPSA) is 43.6 Å². The quantitative estimate of drug-likeness (QED) is 0.157. The van der Waals surface area contributed by atoms with Crippen LogP contribution in [0.3, 0.4) is 0 Å². The normalized spacial score (nSPS) is 11.7. The highest BCUT2D eigenvalue weighted by molar-refractivity contribution is 6.20. The van der Waals surface area contributed by atoms with Crippen molar-refractivity contribution in [1.82, 2.24) is 19.5 Å². The minimum absolute atomic E-state index is 0.685. The summed E-state index contributed by atoms with van der Waals surface area (Å²) in [6, 6.07) is 82.2. The van der Waals surface area contributed by atoms with E-state index in [2.05, 4.69) is 235 Å². The summed E-state index contributed by atoms with van der Waals surface area (Å²) in [5, 5.41) is 10.7. The molecule has 0 amide bonds. The molecule has 302 valence electrons. The van der Waals surface area contributed by atoms with E-state index < -0.39 is 0 Å². The Morgan fingerprint density at radius 1 is 0.277 bits per heavy atom. The Labute approximate surface area is 375 Å². The molecule has 65 heavy (non-hydrogen) atoms. The fourth-order valence-electron chi connectivity index (χ4n) is 9.70. The Balaban J connectivity index is 0.940. The molecule has 4 nitrogen and oxygen atoms in total. The van der Waals surface area contributed by atoms with Gasteiger partial charge in [-0.15, -0.1) is 0 Å². The highest BCUT2D eigenvalue weighted by Gasteiger charge is 2.19. The predicted molar refractivity (Wildman–Crippen MR) is 271 cm³/mol. The molecule has 0 aliphatic rings. The number of pyridine rings is 1. The molecule has 0 atom stereocenters. The fourth-order valence-corrected chi connectivity index (χ4v) is 9.70. The summed E-state index contributed by atoms with van der Waals surface area (Å²) in [5.74, 6) is 0.685. The van der Waals surface area contributed by atoms with E-state index in [1.165, 1.54) is 43.2 Å². The minimum atomic E-state index is 0.685. The zero-order chi connectivity index (χ0) is 42.8. The molecule has 0 unspecified atom stereocenters. The molecule has 0 fully saturated rings. The fraction of sp³-hybridized carbons (Fsp3) is 0. The molecular weight excluding hydrogens is 789 g/mol. The second-order valence-corrected chi connectivity index (χ2v) is 16.8. The largest absolute Gasteiger partial charge is 0.309 e. The number of fused-ring (bicyclic) bond motifs is 8. The SMILES string of the molecule is c1ccc(-c2nc3cc(-c4ccc(-c5nc(-c6ccc7ccccc7c6)cc(-c6ccc7ccccc7c6)n5)cc4)ccc3c3cc4c5ccccc5n(-c5ccccc5)c4cc23)cc1. The van der Waals surface area contributed by atoms with Gasteiger partial charge in [0.15, 0.2) is 5.82 Å². The number of aromatic nitrogens is 4. The van der Waals surface area contributed by atoms with Crippen LogP contribution in [0.25, 0.3) is 127 Å². The van der Waals surface area contributed by atoms with Crippen LogP contribution in [0.2, 0.25) is 0 Å². The average Bonchev–Trinajstić information content (AvgIpc) is 3.71. The van der Waals surface area contributed by atoms with E-state index in [1.54, 1.807) is 0 Å². The van der Waals surface area contributed by atoms with Crippen molar-refractivity contribution in [2.45, 2.75) is 0 Å². The summed E-state index contributed by atoms with van der Waals surface area (Å²) in [6.07, 6.45) is 0. The number of hydrogen-bond donors (Lipinski definition) is 0. The van der Waals surface area contributed by atoms with Crippen LogP contribution in [0.4, 0.5) is 0 Å². The minimum Gasteiger partial charge on any atom is -0.309 e. The van der Waals surface area contributed by atoms with E-state index in [4.69, 9.17) is 15.0 Å². The van der Waals surface area contributed by atoms with Gasteiger partial charge in [0.2, 0.25) is 0 Å². The van der Waals surface area contributed by atoms with E-state index in [0.29, 0.717) is 5.82 Å². The van der Waals surface area contributed by atoms with E-state index in [1.807, 2.05) is 0 Å². The zero-order valence-electron chi connectivity index (χ0n) is 35.2. The molecule has 0 spiro atoms. The van der Waals surface area contributed by atoms with Crippen molar-refractivity contribution in [3.63, 3.8) is 0 Å². The third kappa shape index (κ3) is 6.34. The molecule has 3 heterocycles. The maximum atomic E-state index is 5.47. The van der Waals surface area contributed by atoms with Crippen LogP contribution in [-0.4, -0.2) is 19.5 Å². The molecule has 13 rings (SSSR count). The van der Waals surface area contributed by atoms with Crippen molar-refractivity contribution in [3.8, 4) is 62.0 Å². The Kier molecular flexibility index (Phi) is 8.50. The van der Waals surface area contributed by atoms with Gasteiger partial charge in [-0.05, 0) is 92.7 Å². The van der Waals surface area contributed by atoms with E-state index in [-0.39, 0.29) is 0 Å². The van der Waals surface area contributed by atoms with Crippen LogP contribution < -0.4 is 0 Å². The van der Waals surface area contributed by atoms with Crippen LogP contribution in [-0.2, 0) is 0 Å². The predicted octanol–water partition coefficient (Wildman–Crippen LogP) is 15.9. The molecule has 3 aromatic heterocycles. The highest BCUT2D eigenvalue weighted by Crippen LogP contribution is 2.41. The van der Waals surface area contributed by atoms with Gasteiger partial charge in [0, 0.05) is 49.5 Å². The average molecular weight is 827 g/mol. The Morgan fingerprint density at radius 2 is 0.846 bits per heavy atom. The Morgan fingerprint density at radius 3 is 1.54 bits per heavy atom. The maximum absolute atomic E-state index is 5.47. The van der Waals surface area contributed by atoms with Crippen molar-refractivity contribution in [1.29, 1.82) is 0 Å². The molecular formula is C61H38N4. The van der Waals surface area contributed by atoms with E-state index >= 15 is 0 Å². The monoisotopic (exact) mass is 826 g/mol. The lowest BCUT2D eigenvalue weighted by atomic mass is 9.96. The number of nitrogens with zero attached hydrogens (tertiary/aromatic N) is 4. The summed E-state index contributed by atoms with van der Waals surface area (Å²) >= 11 is 0.